The second kappa shape index (κ2) is 12.1. The van der Waals surface area contributed by atoms with Crippen molar-refractivity contribution in [1.82, 2.24) is 15.5 Å². The van der Waals surface area contributed by atoms with Crippen molar-refractivity contribution in [2.75, 3.05) is 33.2 Å². The zero-order chi connectivity index (χ0) is 15.1. The Balaban J connectivity index is 0.00000242. The maximum atomic E-state index is 12.0. The molecule has 4 nitrogen and oxygen atoms in total. The van der Waals surface area contributed by atoms with Crippen LogP contribution >= 0.6 is 36.2 Å². The van der Waals surface area contributed by atoms with Gasteiger partial charge in [0.2, 0.25) is 5.91 Å². The number of halogens is 2. The quantitative estimate of drug-likeness (QED) is 0.762. The van der Waals surface area contributed by atoms with Crippen molar-refractivity contribution < 1.29 is 4.79 Å². The molecule has 134 valence electrons. The zero-order valence-electron chi connectivity index (χ0n) is 13.9. The van der Waals surface area contributed by atoms with E-state index in [2.05, 4.69) is 33.0 Å². The summed E-state index contributed by atoms with van der Waals surface area (Å²) in [6.07, 6.45) is 2.46. The number of amides is 1. The van der Waals surface area contributed by atoms with Gasteiger partial charge < -0.3 is 10.6 Å². The van der Waals surface area contributed by atoms with Crippen molar-refractivity contribution in [1.29, 1.82) is 0 Å². The van der Waals surface area contributed by atoms with Gasteiger partial charge in [0, 0.05) is 37.0 Å². The number of likely N-dealkylation sites (tertiary alicyclic amines) is 1. The van der Waals surface area contributed by atoms with Crippen LogP contribution in [0.2, 0.25) is 0 Å². The molecule has 2 heterocycles. The highest BCUT2D eigenvalue weighted by Gasteiger charge is 2.21. The van der Waals surface area contributed by atoms with Gasteiger partial charge in [-0.15, -0.1) is 36.2 Å². The summed E-state index contributed by atoms with van der Waals surface area (Å²) in [5.74, 6) is 0.796. The molecular weight excluding hydrogens is 353 g/mol. The fraction of sp³-hybridized carbons (Fsp3) is 0.688. The van der Waals surface area contributed by atoms with E-state index in [1.807, 2.05) is 25.3 Å². The summed E-state index contributed by atoms with van der Waals surface area (Å²) in [7, 11) is 1.88. The molecule has 2 unspecified atom stereocenters. The van der Waals surface area contributed by atoms with Crippen LogP contribution in [0.4, 0.5) is 0 Å². The van der Waals surface area contributed by atoms with E-state index in [9.17, 15) is 4.79 Å². The molecule has 2 rings (SSSR count). The molecule has 2 N–H and O–H groups in total. The molecule has 0 radical (unpaired) electrons. The van der Waals surface area contributed by atoms with Crippen molar-refractivity contribution in [3.05, 3.63) is 22.4 Å². The minimum Gasteiger partial charge on any atom is -0.356 e. The largest absolute Gasteiger partial charge is 0.356 e. The molecule has 7 heteroatoms. The predicted molar refractivity (Wildman–Crippen MR) is 103 cm³/mol. The van der Waals surface area contributed by atoms with Gasteiger partial charge in [-0.05, 0) is 43.8 Å². The van der Waals surface area contributed by atoms with Crippen LogP contribution in [0, 0.1) is 11.8 Å². The van der Waals surface area contributed by atoms with E-state index in [0.29, 0.717) is 5.92 Å². The highest BCUT2D eigenvalue weighted by atomic mass is 35.5. The maximum Gasteiger partial charge on any atom is 0.224 e. The Hall–Kier alpha value is -0.330. The highest BCUT2D eigenvalue weighted by molar-refractivity contribution is 7.09. The molecule has 0 bridgehead atoms. The lowest BCUT2D eigenvalue weighted by atomic mass is 9.97. The van der Waals surface area contributed by atoms with E-state index in [0.717, 1.165) is 26.2 Å². The Kier molecular flexibility index (Phi) is 11.9. The Bertz CT molecular complexity index is 431. The SMILES string of the molecule is CNCC(C)C(=O)NCC1CCCN(Cc2cccs2)C1.Cl.Cl. The average molecular weight is 382 g/mol. The summed E-state index contributed by atoms with van der Waals surface area (Å²) in [5.41, 5.74) is 0. The van der Waals surface area contributed by atoms with Gasteiger partial charge in [-0.1, -0.05) is 13.0 Å². The number of hydrogen-bond donors (Lipinski definition) is 2. The monoisotopic (exact) mass is 381 g/mol. The van der Waals surface area contributed by atoms with Gasteiger partial charge in [0.15, 0.2) is 0 Å². The molecule has 1 aliphatic heterocycles. The average Bonchev–Trinajstić information content (AvgIpc) is 2.98. The lowest BCUT2D eigenvalue weighted by Crippen LogP contribution is -2.42. The summed E-state index contributed by atoms with van der Waals surface area (Å²) in [5, 5.41) is 8.30. The predicted octanol–water partition coefficient (Wildman–Crippen LogP) is 2.78. The van der Waals surface area contributed by atoms with Gasteiger partial charge in [-0.3, -0.25) is 9.69 Å². The number of nitrogens with one attached hydrogen (secondary N) is 2. The normalized spacial score (nSPS) is 19.3. The maximum absolute atomic E-state index is 12.0. The van der Waals surface area contributed by atoms with Crippen LogP contribution < -0.4 is 10.6 Å². The first-order valence-corrected chi connectivity index (χ1v) is 8.74. The first-order chi connectivity index (χ1) is 10.2. The topological polar surface area (TPSA) is 44.4 Å². The van der Waals surface area contributed by atoms with Crippen molar-refractivity contribution in [2.45, 2.75) is 26.3 Å². The number of piperidine rings is 1. The van der Waals surface area contributed by atoms with Crippen LogP contribution in [0.3, 0.4) is 0 Å². The summed E-state index contributed by atoms with van der Waals surface area (Å²) < 4.78 is 0. The number of hydrogen-bond acceptors (Lipinski definition) is 4. The first kappa shape index (κ1) is 22.7. The van der Waals surface area contributed by atoms with E-state index in [-0.39, 0.29) is 36.6 Å². The van der Waals surface area contributed by atoms with E-state index in [4.69, 9.17) is 0 Å². The second-order valence-corrected chi connectivity index (χ2v) is 7.06. The van der Waals surface area contributed by atoms with Crippen LogP contribution in [0.1, 0.15) is 24.6 Å². The third-order valence-corrected chi connectivity index (χ3v) is 4.95. The van der Waals surface area contributed by atoms with Crippen molar-refractivity contribution >= 4 is 42.1 Å². The van der Waals surface area contributed by atoms with Crippen LogP contribution in [0.15, 0.2) is 17.5 Å². The molecule has 1 aliphatic rings. The van der Waals surface area contributed by atoms with Gasteiger partial charge in [-0.25, -0.2) is 0 Å². The number of rotatable bonds is 7. The standard InChI is InChI=1S/C16H27N3OS.2ClH/c1-13(9-17-2)16(20)18-10-14-5-3-7-19(11-14)12-15-6-4-8-21-15;;/h4,6,8,13-14,17H,3,5,7,9-12H2,1-2H3,(H,18,20);2*1H. The number of carbonyl (C=O) groups excluding carboxylic acids is 1. The Morgan fingerprint density at radius 3 is 2.91 bits per heavy atom. The van der Waals surface area contributed by atoms with Crippen LogP contribution in [0.25, 0.3) is 0 Å². The molecular formula is C16H29Cl2N3OS. The minimum absolute atomic E-state index is 0. The van der Waals surface area contributed by atoms with E-state index in [1.54, 1.807) is 0 Å². The Morgan fingerprint density at radius 1 is 1.48 bits per heavy atom. The van der Waals surface area contributed by atoms with Gasteiger partial charge in [0.25, 0.3) is 0 Å². The Morgan fingerprint density at radius 2 is 2.26 bits per heavy atom. The fourth-order valence-electron chi connectivity index (χ4n) is 2.90. The van der Waals surface area contributed by atoms with Crippen LogP contribution in [-0.2, 0) is 11.3 Å². The molecule has 1 aromatic rings. The van der Waals surface area contributed by atoms with E-state index in [1.165, 1.54) is 24.3 Å². The number of nitrogens with zero attached hydrogens (tertiary/aromatic N) is 1. The van der Waals surface area contributed by atoms with E-state index < -0.39 is 0 Å². The van der Waals surface area contributed by atoms with Crippen LogP contribution in [-0.4, -0.2) is 44.0 Å². The fourth-order valence-corrected chi connectivity index (χ4v) is 3.65. The summed E-state index contributed by atoms with van der Waals surface area (Å²) in [6, 6.07) is 4.32. The van der Waals surface area contributed by atoms with E-state index >= 15 is 0 Å². The van der Waals surface area contributed by atoms with Gasteiger partial charge in [-0.2, -0.15) is 0 Å². The van der Waals surface area contributed by atoms with Crippen molar-refractivity contribution in [3.63, 3.8) is 0 Å². The Labute approximate surface area is 156 Å². The highest BCUT2D eigenvalue weighted by Crippen LogP contribution is 2.20. The van der Waals surface area contributed by atoms with Crippen molar-refractivity contribution in [3.8, 4) is 0 Å². The molecule has 0 aromatic carbocycles. The van der Waals surface area contributed by atoms with Gasteiger partial charge in [0.1, 0.15) is 0 Å². The molecule has 1 aromatic heterocycles. The molecule has 0 aliphatic carbocycles. The molecule has 0 spiro atoms. The summed E-state index contributed by atoms with van der Waals surface area (Å²) in [6.45, 7) is 6.85. The summed E-state index contributed by atoms with van der Waals surface area (Å²) in [4.78, 5) is 15.9. The smallest absolute Gasteiger partial charge is 0.224 e. The van der Waals surface area contributed by atoms with Crippen LogP contribution in [0.5, 0.6) is 0 Å². The lowest BCUT2D eigenvalue weighted by molar-refractivity contribution is -0.124. The third-order valence-electron chi connectivity index (χ3n) is 4.09. The second-order valence-electron chi connectivity index (χ2n) is 6.03. The van der Waals surface area contributed by atoms with Gasteiger partial charge in [0.05, 0.1) is 0 Å². The van der Waals surface area contributed by atoms with Crippen molar-refractivity contribution in [2.24, 2.45) is 11.8 Å². The molecule has 0 saturated carbocycles. The third kappa shape index (κ3) is 7.86. The molecule has 1 amide bonds. The molecule has 23 heavy (non-hydrogen) atoms. The molecule has 1 saturated heterocycles. The zero-order valence-corrected chi connectivity index (χ0v) is 16.4. The molecule has 1 fully saturated rings. The minimum atomic E-state index is 0. The summed E-state index contributed by atoms with van der Waals surface area (Å²) >= 11 is 1.83. The number of carbonyl (C=O) groups is 1. The number of thiophene rings is 1. The first-order valence-electron chi connectivity index (χ1n) is 7.86. The van der Waals surface area contributed by atoms with Gasteiger partial charge >= 0.3 is 0 Å². The lowest BCUT2D eigenvalue weighted by Gasteiger charge is -2.32. The molecule has 2 atom stereocenters.